The van der Waals surface area contributed by atoms with E-state index in [-0.39, 0.29) is 23.0 Å². The molecule has 1 aromatic rings. The lowest BCUT2D eigenvalue weighted by Crippen LogP contribution is -2.52. The van der Waals surface area contributed by atoms with E-state index in [0.29, 0.717) is 6.42 Å². The number of hydrogen-bond donors (Lipinski definition) is 1. The number of nitrogens with zero attached hydrogens (tertiary/aromatic N) is 3. The van der Waals surface area contributed by atoms with Gasteiger partial charge in [-0.2, -0.15) is 5.10 Å². The Hall–Kier alpha value is -0.920. The summed E-state index contributed by atoms with van der Waals surface area (Å²) in [6.45, 7) is 9.25. The molecule has 130 valence electrons. The predicted octanol–water partition coefficient (Wildman–Crippen LogP) is 0.976. The van der Waals surface area contributed by atoms with Gasteiger partial charge in [0.25, 0.3) is 0 Å². The van der Waals surface area contributed by atoms with Gasteiger partial charge in [0.05, 0.1) is 23.2 Å². The number of nitrogens with two attached hydrogens (primary N) is 1. The molecule has 0 spiro atoms. The van der Waals surface area contributed by atoms with Gasteiger partial charge in [-0.05, 0) is 25.2 Å². The van der Waals surface area contributed by atoms with E-state index in [9.17, 15) is 8.42 Å². The summed E-state index contributed by atoms with van der Waals surface area (Å²) >= 11 is 0. The van der Waals surface area contributed by atoms with Crippen LogP contribution < -0.4 is 5.73 Å². The quantitative estimate of drug-likeness (QED) is 0.887. The Balaban J connectivity index is 1.69. The van der Waals surface area contributed by atoms with Gasteiger partial charge in [-0.25, -0.2) is 8.42 Å². The third kappa shape index (κ3) is 3.46. The van der Waals surface area contributed by atoms with Crippen molar-refractivity contribution in [1.82, 2.24) is 14.7 Å². The first kappa shape index (κ1) is 16.9. The SMILES string of the molecule is CC1(C)CN(Cc2cnn(C3(C)CCS(=O)(=O)C3)c2)CCC1N. The minimum absolute atomic E-state index is 0.125. The molecule has 2 atom stereocenters. The Morgan fingerprint density at radius 2 is 2.13 bits per heavy atom. The summed E-state index contributed by atoms with van der Waals surface area (Å²) in [4.78, 5) is 2.42. The Labute approximate surface area is 138 Å². The standard InChI is InChI=1S/C16H28N4O2S/c1-15(2)11-19(6-4-14(15)17)9-13-8-18-20(10-13)16(3)5-7-23(21,22)12-16/h8,10,14H,4-7,9,11-12,17H2,1-3H3. The Morgan fingerprint density at radius 3 is 2.74 bits per heavy atom. The average molecular weight is 340 g/mol. The maximum Gasteiger partial charge on any atom is 0.152 e. The molecule has 2 aliphatic heterocycles. The number of rotatable bonds is 3. The van der Waals surface area contributed by atoms with Gasteiger partial charge in [0.1, 0.15) is 0 Å². The van der Waals surface area contributed by atoms with Crippen LogP contribution in [0.3, 0.4) is 0 Å². The van der Waals surface area contributed by atoms with Gasteiger partial charge in [0.2, 0.25) is 0 Å². The topological polar surface area (TPSA) is 81.2 Å². The van der Waals surface area contributed by atoms with Gasteiger partial charge >= 0.3 is 0 Å². The van der Waals surface area contributed by atoms with Crippen molar-refractivity contribution in [1.29, 1.82) is 0 Å². The van der Waals surface area contributed by atoms with Crippen LogP contribution in [0.2, 0.25) is 0 Å². The van der Waals surface area contributed by atoms with Gasteiger partial charge < -0.3 is 5.73 Å². The van der Waals surface area contributed by atoms with E-state index in [1.165, 1.54) is 0 Å². The molecule has 2 fully saturated rings. The summed E-state index contributed by atoms with van der Waals surface area (Å²) in [5.74, 6) is 0.448. The van der Waals surface area contributed by atoms with E-state index >= 15 is 0 Å². The van der Waals surface area contributed by atoms with Gasteiger partial charge in [0.15, 0.2) is 9.84 Å². The number of likely N-dealkylation sites (tertiary alicyclic amines) is 1. The summed E-state index contributed by atoms with van der Waals surface area (Å²) in [7, 11) is -2.93. The van der Waals surface area contributed by atoms with E-state index in [2.05, 4.69) is 23.8 Å². The molecule has 2 aliphatic rings. The zero-order valence-electron chi connectivity index (χ0n) is 14.3. The first-order valence-corrected chi connectivity index (χ1v) is 10.1. The molecular formula is C16H28N4O2S. The van der Waals surface area contributed by atoms with Crippen LogP contribution in [0.4, 0.5) is 0 Å². The van der Waals surface area contributed by atoms with Crippen LogP contribution in [-0.2, 0) is 21.9 Å². The average Bonchev–Trinajstić information content (AvgIpc) is 2.99. The maximum atomic E-state index is 11.8. The van der Waals surface area contributed by atoms with Gasteiger partial charge in [-0.15, -0.1) is 0 Å². The van der Waals surface area contributed by atoms with Crippen LogP contribution in [0.1, 0.15) is 39.2 Å². The van der Waals surface area contributed by atoms with Crippen LogP contribution in [0.25, 0.3) is 0 Å². The van der Waals surface area contributed by atoms with Crippen LogP contribution in [0.15, 0.2) is 12.4 Å². The Morgan fingerprint density at radius 1 is 1.39 bits per heavy atom. The summed E-state index contributed by atoms with van der Waals surface area (Å²) in [6.07, 6.45) is 5.54. The van der Waals surface area contributed by atoms with E-state index in [4.69, 9.17) is 5.73 Å². The molecule has 2 unspecified atom stereocenters. The van der Waals surface area contributed by atoms with Crippen molar-refractivity contribution in [3.8, 4) is 0 Å². The van der Waals surface area contributed by atoms with Crippen molar-refractivity contribution in [2.24, 2.45) is 11.1 Å². The lowest BCUT2D eigenvalue weighted by atomic mass is 9.79. The van der Waals surface area contributed by atoms with E-state index < -0.39 is 15.4 Å². The third-order valence-corrected chi connectivity index (χ3v) is 7.36. The second kappa shape index (κ2) is 5.57. The second-order valence-electron chi connectivity index (χ2n) is 8.23. The van der Waals surface area contributed by atoms with Crippen molar-refractivity contribution in [2.45, 2.75) is 51.7 Å². The van der Waals surface area contributed by atoms with Crippen LogP contribution in [-0.4, -0.2) is 53.7 Å². The molecule has 0 bridgehead atoms. The van der Waals surface area contributed by atoms with Crippen LogP contribution in [0, 0.1) is 5.41 Å². The minimum Gasteiger partial charge on any atom is -0.327 e. The molecule has 0 radical (unpaired) electrons. The fraction of sp³-hybridized carbons (Fsp3) is 0.812. The molecule has 7 heteroatoms. The largest absolute Gasteiger partial charge is 0.327 e. The smallest absolute Gasteiger partial charge is 0.152 e. The van der Waals surface area contributed by atoms with Crippen molar-refractivity contribution in [2.75, 3.05) is 24.6 Å². The second-order valence-corrected chi connectivity index (χ2v) is 10.4. The minimum atomic E-state index is -2.93. The molecule has 2 N–H and O–H groups in total. The van der Waals surface area contributed by atoms with Crippen LogP contribution in [0.5, 0.6) is 0 Å². The summed E-state index contributed by atoms with van der Waals surface area (Å²) in [5, 5.41) is 4.45. The molecule has 2 saturated heterocycles. The van der Waals surface area contributed by atoms with E-state index in [1.807, 2.05) is 24.0 Å². The summed E-state index contributed by atoms with van der Waals surface area (Å²) < 4.78 is 25.4. The molecule has 0 aliphatic carbocycles. The molecule has 3 rings (SSSR count). The molecule has 0 saturated carbocycles. The lowest BCUT2D eigenvalue weighted by molar-refractivity contribution is 0.0898. The monoisotopic (exact) mass is 340 g/mol. The maximum absolute atomic E-state index is 11.8. The van der Waals surface area contributed by atoms with Gasteiger partial charge in [0, 0.05) is 37.4 Å². The highest BCUT2D eigenvalue weighted by Crippen LogP contribution is 2.31. The number of aromatic nitrogens is 2. The Kier molecular flexibility index (Phi) is 4.09. The van der Waals surface area contributed by atoms with Crippen molar-refractivity contribution < 1.29 is 8.42 Å². The zero-order valence-corrected chi connectivity index (χ0v) is 15.1. The lowest BCUT2D eigenvalue weighted by Gasteiger charge is -2.42. The van der Waals surface area contributed by atoms with Crippen molar-refractivity contribution >= 4 is 9.84 Å². The normalized spacial score (nSPS) is 33.8. The molecule has 6 nitrogen and oxygen atoms in total. The van der Waals surface area contributed by atoms with Crippen molar-refractivity contribution in [3.05, 3.63) is 18.0 Å². The highest BCUT2D eigenvalue weighted by atomic mass is 32.2. The van der Waals surface area contributed by atoms with E-state index in [0.717, 1.165) is 31.6 Å². The zero-order chi connectivity index (χ0) is 16.9. The van der Waals surface area contributed by atoms with Crippen molar-refractivity contribution in [3.63, 3.8) is 0 Å². The molecular weight excluding hydrogens is 312 g/mol. The molecule has 0 aromatic carbocycles. The molecule has 1 aromatic heterocycles. The molecule has 0 amide bonds. The fourth-order valence-electron chi connectivity index (χ4n) is 3.79. The fourth-order valence-corrected chi connectivity index (χ4v) is 5.91. The van der Waals surface area contributed by atoms with Gasteiger partial charge in [-0.1, -0.05) is 13.8 Å². The summed E-state index contributed by atoms with van der Waals surface area (Å²) in [6, 6.07) is 0.254. The first-order chi connectivity index (χ1) is 10.6. The number of sulfone groups is 1. The van der Waals surface area contributed by atoms with Crippen LogP contribution >= 0.6 is 0 Å². The van der Waals surface area contributed by atoms with E-state index in [1.54, 1.807) is 0 Å². The summed E-state index contributed by atoms with van der Waals surface area (Å²) in [5.41, 5.74) is 7.06. The highest BCUT2D eigenvalue weighted by molar-refractivity contribution is 7.91. The number of hydrogen-bond acceptors (Lipinski definition) is 5. The predicted molar refractivity (Wildman–Crippen MR) is 90.8 cm³/mol. The third-order valence-electron chi connectivity index (χ3n) is 5.47. The first-order valence-electron chi connectivity index (χ1n) is 8.32. The molecule has 3 heterocycles. The Bertz CT molecular complexity index is 682. The molecule has 23 heavy (non-hydrogen) atoms. The number of piperidine rings is 1. The van der Waals surface area contributed by atoms with Gasteiger partial charge in [-0.3, -0.25) is 9.58 Å². The highest BCUT2D eigenvalue weighted by Gasteiger charge is 2.40.